The SMILES string of the molecule is C=C(C)C(=O)OCC(=O)Oc1ccc(C(C[N+](=O)[O-])C(=O)OCC)cc1. The van der Waals surface area contributed by atoms with Gasteiger partial charge in [-0.25, -0.2) is 9.59 Å². The highest BCUT2D eigenvalue weighted by Crippen LogP contribution is 2.21. The van der Waals surface area contributed by atoms with E-state index < -0.39 is 41.9 Å². The summed E-state index contributed by atoms with van der Waals surface area (Å²) in [5.41, 5.74) is 0.506. The van der Waals surface area contributed by atoms with Crippen molar-refractivity contribution in [2.24, 2.45) is 0 Å². The van der Waals surface area contributed by atoms with Gasteiger partial charge in [-0.1, -0.05) is 18.7 Å². The quantitative estimate of drug-likeness (QED) is 0.213. The molecule has 0 aliphatic heterocycles. The summed E-state index contributed by atoms with van der Waals surface area (Å²) in [5.74, 6) is -3.16. The Morgan fingerprint density at radius 1 is 1.19 bits per heavy atom. The lowest BCUT2D eigenvalue weighted by Crippen LogP contribution is -2.23. The number of nitro groups is 1. The molecule has 0 saturated heterocycles. The van der Waals surface area contributed by atoms with Crippen LogP contribution < -0.4 is 4.74 Å². The molecular formula is C17H19NO8. The molecule has 9 nitrogen and oxygen atoms in total. The molecule has 0 saturated carbocycles. The number of benzene rings is 1. The van der Waals surface area contributed by atoms with Gasteiger partial charge in [0.2, 0.25) is 6.54 Å². The smallest absolute Gasteiger partial charge is 0.349 e. The van der Waals surface area contributed by atoms with Gasteiger partial charge >= 0.3 is 17.9 Å². The molecule has 0 heterocycles. The topological polar surface area (TPSA) is 122 Å². The fourth-order valence-corrected chi connectivity index (χ4v) is 1.88. The van der Waals surface area contributed by atoms with E-state index in [4.69, 9.17) is 9.47 Å². The van der Waals surface area contributed by atoms with Crippen molar-refractivity contribution >= 4 is 17.9 Å². The molecule has 0 amide bonds. The normalized spacial score (nSPS) is 11.2. The number of ether oxygens (including phenoxy) is 3. The van der Waals surface area contributed by atoms with Crippen LogP contribution in [0.2, 0.25) is 0 Å². The highest BCUT2D eigenvalue weighted by atomic mass is 16.6. The van der Waals surface area contributed by atoms with Crippen molar-refractivity contribution in [3.63, 3.8) is 0 Å². The molecule has 1 aromatic carbocycles. The first kappa shape index (κ1) is 20.8. The van der Waals surface area contributed by atoms with Gasteiger partial charge in [0.25, 0.3) is 0 Å². The molecule has 0 radical (unpaired) electrons. The molecule has 0 fully saturated rings. The standard InChI is InChI=1S/C17H19NO8/c1-4-24-17(21)14(9-18(22)23)12-5-7-13(8-6-12)26-15(19)10-25-16(20)11(2)3/h5-8,14H,2,4,9-10H2,1,3H3. The first-order valence-electron chi connectivity index (χ1n) is 7.66. The van der Waals surface area contributed by atoms with E-state index in [2.05, 4.69) is 11.3 Å². The largest absolute Gasteiger partial charge is 0.465 e. The van der Waals surface area contributed by atoms with Crippen LogP contribution in [0, 0.1) is 10.1 Å². The van der Waals surface area contributed by atoms with Crippen molar-refractivity contribution < 1.29 is 33.5 Å². The monoisotopic (exact) mass is 365 g/mol. The van der Waals surface area contributed by atoms with Crippen LogP contribution in [0.4, 0.5) is 0 Å². The molecular weight excluding hydrogens is 346 g/mol. The van der Waals surface area contributed by atoms with E-state index in [9.17, 15) is 24.5 Å². The van der Waals surface area contributed by atoms with Crippen LogP contribution in [0.15, 0.2) is 36.4 Å². The van der Waals surface area contributed by atoms with Gasteiger partial charge in [0.1, 0.15) is 11.7 Å². The highest BCUT2D eigenvalue weighted by Gasteiger charge is 2.27. The molecule has 0 aliphatic carbocycles. The van der Waals surface area contributed by atoms with Crippen LogP contribution in [-0.2, 0) is 23.9 Å². The number of hydrogen-bond acceptors (Lipinski definition) is 8. The Morgan fingerprint density at radius 2 is 1.81 bits per heavy atom. The lowest BCUT2D eigenvalue weighted by molar-refractivity contribution is -0.481. The van der Waals surface area contributed by atoms with Gasteiger partial charge in [-0.15, -0.1) is 0 Å². The fraction of sp³-hybridized carbons (Fsp3) is 0.353. The minimum atomic E-state index is -1.06. The second-order valence-corrected chi connectivity index (χ2v) is 5.22. The average molecular weight is 365 g/mol. The van der Waals surface area contributed by atoms with Gasteiger partial charge in [0.15, 0.2) is 6.61 Å². The highest BCUT2D eigenvalue weighted by molar-refractivity contribution is 5.88. The summed E-state index contributed by atoms with van der Waals surface area (Å²) >= 11 is 0. The van der Waals surface area contributed by atoms with E-state index in [-0.39, 0.29) is 17.9 Å². The Morgan fingerprint density at radius 3 is 2.31 bits per heavy atom. The molecule has 0 aliphatic rings. The predicted octanol–water partition coefficient (Wildman–Crippen LogP) is 1.63. The third kappa shape index (κ3) is 6.71. The van der Waals surface area contributed by atoms with Gasteiger partial charge in [0.05, 0.1) is 6.61 Å². The van der Waals surface area contributed by atoms with E-state index in [1.807, 2.05) is 0 Å². The second kappa shape index (κ2) is 9.92. The number of nitrogens with zero attached hydrogens (tertiary/aromatic N) is 1. The maximum atomic E-state index is 11.9. The summed E-state index contributed by atoms with van der Waals surface area (Å²) in [5, 5.41) is 10.8. The lowest BCUT2D eigenvalue weighted by atomic mass is 9.99. The Balaban J connectivity index is 2.74. The maximum absolute atomic E-state index is 11.9. The summed E-state index contributed by atoms with van der Waals surface area (Å²) in [6, 6.07) is 5.60. The van der Waals surface area contributed by atoms with E-state index in [1.54, 1.807) is 6.92 Å². The summed E-state index contributed by atoms with van der Waals surface area (Å²) < 4.78 is 14.5. The van der Waals surface area contributed by atoms with E-state index in [0.29, 0.717) is 5.56 Å². The van der Waals surface area contributed by atoms with Crippen LogP contribution in [-0.4, -0.2) is 42.6 Å². The molecule has 1 atom stereocenters. The number of hydrogen-bond donors (Lipinski definition) is 0. The van der Waals surface area contributed by atoms with Crippen LogP contribution in [0.25, 0.3) is 0 Å². The number of rotatable bonds is 9. The molecule has 1 rings (SSSR count). The Labute approximate surface area is 149 Å². The van der Waals surface area contributed by atoms with E-state index >= 15 is 0 Å². The minimum Gasteiger partial charge on any atom is -0.465 e. The number of esters is 3. The fourth-order valence-electron chi connectivity index (χ4n) is 1.88. The van der Waals surface area contributed by atoms with Crippen molar-refractivity contribution in [1.29, 1.82) is 0 Å². The van der Waals surface area contributed by atoms with E-state index in [1.165, 1.54) is 31.2 Å². The Hall–Kier alpha value is -3.23. The first-order valence-corrected chi connectivity index (χ1v) is 7.66. The molecule has 0 bridgehead atoms. The maximum Gasteiger partial charge on any atom is 0.349 e. The molecule has 0 spiro atoms. The summed E-state index contributed by atoms with van der Waals surface area (Å²) in [7, 11) is 0. The van der Waals surface area contributed by atoms with Gasteiger partial charge < -0.3 is 14.2 Å². The van der Waals surface area contributed by atoms with Crippen LogP contribution in [0.5, 0.6) is 5.75 Å². The van der Waals surface area contributed by atoms with Crippen LogP contribution in [0.3, 0.4) is 0 Å². The van der Waals surface area contributed by atoms with Crippen molar-refractivity contribution in [3.8, 4) is 5.75 Å². The van der Waals surface area contributed by atoms with Crippen molar-refractivity contribution in [3.05, 3.63) is 52.1 Å². The van der Waals surface area contributed by atoms with E-state index in [0.717, 1.165) is 0 Å². The van der Waals surface area contributed by atoms with Gasteiger partial charge in [-0.2, -0.15) is 0 Å². The average Bonchev–Trinajstić information content (AvgIpc) is 2.58. The van der Waals surface area contributed by atoms with Crippen LogP contribution in [0.1, 0.15) is 25.3 Å². The second-order valence-electron chi connectivity index (χ2n) is 5.22. The van der Waals surface area contributed by atoms with Gasteiger partial charge in [0, 0.05) is 10.5 Å². The molecule has 1 unspecified atom stereocenters. The van der Waals surface area contributed by atoms with Gasteiger partial charge in [-0.3, -0.25) is 14.9 Å². The summed E-state index contributed by atoms with van der Waals surface area (Å²) in [4.78, 5) is 44.8. The molecule has 140 valence electrons. The Bertz CT molecular complexity index is 695. The van der Waals surface area contributed by atoms with Crippen molar-refractivity contribution in [2.45, 2.75) is 19.8 Å². The number of carbonyl (C=O) groups is 3. The first-order chi connectivity index (χ1) is 12.2. The molecule has 0 N–H and O–H groups in total. The number of carbonyl (C=O) groups excluding carboxylic acids is 3. The summed E-state index contributed by atoms with van der Waals surface area (Å²) in [6.45, 7) is 5.33. The summed E-state index contributed by atoms with van der Waals surface area (Å²) in [6.07, 6.45) is 0. The zero-order valence-corrected chi connectivity index (χ0v) is 14.4. The minimum absolute atomic E-state index is 0.103. The lowest BCUT2D eigenvalue weighted by Gasteiger charge is -2.12. The van der Waals surface area contributed by atoms with Crippen molar-refractivity contribution in [2.75, 3.05) is 19.8 Å². The zero-order chi connectivity index (χ0) is 19.7. The molecule has 0 aromatic heterocycles. The predicted molar refractivity (Wildman–Crippen MR) is 89.1 cm³/mol. The Kier molecular flexibility index (Phi) is 7.94. The molecule has 26 heavy (non-hydrogen) atoms. The molecule has 9 heteroatoms. The molecule has 1 aromatic rings. The third-order valence-corrected chi connectivity index (χ3v) is 3.09. The third-order valence-electron chi connectivity index (χ3n) is 3.09. The van der Waals surface area contributed by atoms with Gasteiger partial charge in [-0.05, 0) is 31.5 Å². The zero-order valence-electron chi connectivity index (χ0n) is 14.4. The van der Waals surface area contributed by atoms with Crippen molar-refractivity contribution in [1.82, 2.24) is 0 Å². The van der Waals surface area contributed by atoms with Crippen LogP contribution >= 0.6 is 0 Å².